The van der Waals surface area contributed by atoms with Crippen molar-refractivity contribution in [2.75, 3.05) is 25.0 Å². The maximum absolute atomic E-state index is 12.3. The van der Waals surface area contributed by atoms with Gasteiger partial charge in [0.05, 0.1) is 5.54 Å². The minimum Gasteiger partial charge on any atom is -0.369 e. The van der Waals surface area contributed by atoms with E-state index in [2.05, 4.69) is 12.2 Å². The Labute approximate surface area is 162 Å². The van der Waals surface area contributed by atoms with Gasteiger partial charge in [0.2, 0.25) is 5.91 Å². The van der Waals surface area contributed by atoms with Crippen LogP contribution in [0.15, 0.2) is 24.3 Å². The van der Waals surface area contributed by atoms with Gasteiger partial charge >= 0.3 is 0 Å². The van der Waals surface area contributed by atoms with Crippen molar-refractivity contribution in [3.8, 4) is 11.3 Å². The minimum atomic E-state index is -0.517. The largest absolute Gasteiger partial charge is 0.369 e. The number of benzene rings is 1. The predicted octanol–water partition coefficient (Wildman–Crippen LogP) is 2.31. The monoisotopic (exact) mass is 387 g/mol. The lowest BCUT2D eigenvalue weighted by atomic mass is 9.77. The average Bonchev–Trinajstić information content (AvgIpc) is 2.95. The maximum atomic E-state index is 12.3. The molecule has 4 rings (SSSR count). The van der Waals surface area contributed by atoms with Crippen LogP contribution in [0.4, 0.5) is 5.82 Å². The van der Waals surface area contributed by atoms with E-state index in [0.29, 0.717) is 35.2 Å². The summed E-state index contributed by atoms with van der Waals surface area (Å²) in [5.41, 5.74) is 7.16. The molecular weight excluding hydrogens is 366 g/mol. The molecule has 0 aliphatic carbocycles. The van der Waals surface area contributed by atoms with Crippen molar-refractivity contribution >= 4 is 29.2 Å². The lowest BCUT2D eigenvalue weighted by Crippen LogP contribution is -2.60. The highest BCUT2D eigenvalue weighted by atomic mass is 35.5. The van der Waals surface area contributed by atoms with Gasteiger partial charge in [-0.2, -0.15) is 5.10 Å². The molecule has 1 unspecified atom stereocenters. The smallest absolute Gasteiger partial charge is 0.254 e. The summed E-state index contributed by atoms with van der Waals surface area (Å²) in [5, 5.41) is 8.72. The van der Waals surface area contributed by atoms with Gasteiger partial charge in [0.15, 0.2) is 0 Å². The first kappa shape index (κ1) is 17.9. The molecule has 142 valence electrons. The van der Waals surface area contributed by atoms with Gasteiger partial charge in [-0.3, -0.25) is 9.59 Å². The first-order valence-corrected chi connectivity index (χ1v) is 9.37. The van der Waals surface area contributed by atoms with Crippen LogP contribution in [0.1, 0.15) is 30.6 Å². The number of anilines is 1. The molecule has 2 aliphatic heterocycles. The lowest BCUT2D eigenvalue weighted by Gasteiger charge is -2.50. The van der Waals surface area contributed by atoms with Crippen LogP contribution in [-0.4, -0.2) is 46.1 Å². The van der Waals surface area contributed by atoms with E-state index in [1.807, 2.05) is 21.7 Å². The van der Waals surface area contributed by atoms with Gasteiger partial charge in [-0.15, -0.1) is 0 Å². The van der Waals surface area contributed by atoms with Gasteiger partial charge in [0, 0.05) is 43.1 Å². The van der Waals surface area contributed by atoms with Crippen LogP contribution in [0.5, 0.6) is 0 Å². The third kappa shape index (κ3) is 2.77. The fraction of sp³-hybridized carbons (Fsp3) is 0.421. The van der Waals surface area contributed by atoms with Crippen LogP contribution in [0.3, 0.4) is 0 Å². The van der Waals surface area contributed by atoms with E-state index in [9.17, 15) is 9.59 Å². The van der Waals surface area contributed by atoms with Gasteiger partial charge in [0.25, 0.3) is 5.91 Å². The van der Waals surface area contributed by atoms with Gasteiger partial charge in [0.1, 0.15) is 17.1 Å². The Balaban J connectivity index is 1.79. The van der Waals surface area contributed by atoms with Crippen LogP contribution in [-0.2, 0) is 10.3 Å². The Bertz CT molecular complexity index is 917. The normalized spacial score (nSPS) is 22.0. The second-order valence-corrected chi connectivity index (χ2v) is 7.95. The van der Waals surface area contributed by atoms with E-state index in [1.54, 1.807) is 19.1 Å². The number of aromatic nitrogens is 2. The van der Waals surface area contributed by atoms with Crippen molar-refractivity contribution < 1.29 is 9.59 Å². The number of nitrogens with zero attached hydrogens (tertiary/aromatic N) is 3. The molecule has 2 aromatic rings. The summed E-state index contributed by atoms with van der Waals surface area (Å²) in [4.78, 5) is 25.7. The topological polar surface area (TPSA) is 93.2 Å². The molecule has 1 aromatic carbocycles. The van der Waals surface area contributed by atoms with E-state index in [4.69, 9.17) is 22.4 Å². The number of fused-ring (bicyclic) bond motifs is 1. The zero-order chi connectivity index (χ0) is 19.3. The van der Waals surface area contributed by atoms with E-state index in [0.717, 1.165) is 18.5 Å². The molecule has 1 atom stereocenters. The molecule has 2 aliphatic rings. The minimum absolute atomic E-state index is 0.0872. The number of carbonyl (C=O) groups is 2. The van der Waals surface area contributed by atoms with Crippen molar-refractivity contribution in [1.82, 2.24) is 14.7 Å². The molecule has 1 aromatic heterocycles. The first-order valence-electron chi connectivity index (χ1n) is 9.00. The van der Waals surface area contributed by atoms with Gasteiger partial charge < -0.3 is 16.0 Å². The van der Waals surface area contributed by atoms with Gasteiger partial charge in [-0.1, -0.05) is 23.7 Å². The van der Waals surface area contributed by atoms with Crippen molar-refractivity contribution in [2.45, 2.75) is 25.8 Å². The quantitative estimate of drug-likeness (QED) is 0.845. The Kier molecular flexibility index (Phi) is 4.14. The molecule has 3 heterocycles. The third-order valence-corrected chi connectivity index (χ3v) is 6.12. The van der Waals surface area contributed by atoms with E-state index in [-0.39, 0.29) is 17.4 Å². The SMILES string of the molecule is CC(=O)N1CC(C2(C)CCNc3c(C(N)=O)c(-c4ccc(Cl)cc4)nn32)C1. The molecule has 1 fully saturated rings. The van der Waals surface area contributed by atoms with Crippen LogP contribution in [0, 0.1) is 5.92 Å². The zero-order valence-corrected chi connectivity index (χ0v) is 16.1. The number of amides is 2. The molecular formula is C19H22ClN5O2. The summed E-state index contributed by atoms with van der Waals surface area (Å²) in [7, 11) is 0. The van der Waals surface area contributed by atoms with E-state index < -0.39 is 5.91 Å². The van der Waals surface area contributed by atoms with E-state index >= 15 is 0 Å². The highest BCUT2D eigenvalue weighted by Gasteiger charge is 2.48. The standard InChI is InChI=1S/C19H22ClN5O2/c1-11(26)24-9-13(10-24)19(2)7-8-22-18-15(17(21)27)16(23-25(18)19)12-3-5-14(20)6-4-12/h3-6,13,22H,7-10H2,1-2H3,(H2,21,27). The summed E-state index contributed by atoms with van der Waals surface area (Å²) in [6, 6.07) is 7.20. The Morgan fingerprint density at radius 1 is 1.30 bits per heavy atom. The molecule has 1 saturated heterocycles. The average molecular weight is 388 g/mol. The van der Waals surface area contributed by atoms with Crippen molar-refractivity contribution in [2.24, 2.45) is 11.7 Å². The number of hydrogen-bond acceptors (Lipinski definition) is 4. The predicted molar refractivity (Wildman–Crippen MR) is 104 cm³/mol. The maximum Gasteiger partial charge on any atom is 0.254 e. The number of carbonyl (C=O) groups excluding carboxylic acids is 2. The molecule has 0 saturated carbocycles. The number of hydrogen-bond donors (Lipinski definition) is 2. The summed E-state index contributed by atoms with van der Waals surface area (Å²) in [5.74, 6) is 0.504. The second-order valence-electron chi connectivity index (χ2n) is 7.51. The van der Waals surface area contributed by atoms with Crippen molar-refractivity contribution in [3.63, 3.8) is 0 Å². The highest BCUT2D eigenvalue weighted by Crippen LogP contribution is 2.43. The zero-order valence-electron chi connectivity index (χ0n) is 15.3. The molecule has 0 spiro atoms. The second kappa shape index (κ2) is 6.27. The summed E-state index contributed by atoms with van der Waals surface area (Å²) < 4.78 is 1.91. The van der Waals surface area contributed by atoms with Crippen LogP contribution in [0.25, 0.3) is 11.3 Å². The number of nitrogens with two attached hydrogens (primary N) is 1. The number of halogens is 1. The van der Waals surface area contributed by atoms with Gasteiger partial charge in [-0.05, 0) is 25.5 Å². The van der Waals surface area contributed by atoms with Crippen LogP contribution < -0.4 is 11.1 Å². The molecule has 8 heteroatoms. The van der Waals surface area contributed by atoms with Crippen molar-refractivity contribution in [1.29, 1.82) is 0 Å². The number of likely N-dealkylation sites (tertiary alicyclic amines) is 1. The summed E-state index contributed by atoms with van der Waals surface area (Å²) in [6.45, 7) is 5.85. The summed E-state index contributed by atoms with van der Waals surface area (Å²) >= 11 is 5.99. The summed E-state index contributed by atoms with van der Waals surface area (Å²) in [6.07, 6.45) is 0.857. The highest BCUT2D eigenvalue weighted by molar-refractivity contribution is 6.30. The van der Waals surface area contributed by atoms with Crippen LogP contribution >= 0.6 is 11.6 Å². The lowest BCUT2D eigenvalue weighted by molar-refractivity contribution is -0.138. The molecule has 27 heavy (non-hydrogen) atoms. The fourth-order valence-electron chi connectivity index (χ4n) is 4.04. The molecule has 0 radical (unpaired) electrons. The Hall–Kier alpha value is -2.54. The molecule has 0 bridgehead atoms. The Morgan fingerprint density at radius 2 is 1.96 bits per heavy atom. The number of primary amides is 1. The van der Waals surface area contributed by atoms with Crippen LogP contribution in [0.2, 0.25) is 5.02 Å². The number of rotatable bonds is 3. The fourth-order valence-corrected chi connectivity index (χ4v) is 4.17. The van der Waals surface area contributed by atoms with Crippen molar-refractivity contribution in [3.05, 3.63) is 34.9 Å². The van der Waals surface area contributed by atoms with Gasteiger partial charge in [-0.25, -0.2) is 4.68 Å². The van der Waals surface area contributed by atoms with E-state index in [1.165, 1.54) is 0 Å². The Morgan fingerprint density at radius 3 is 2.56 bits per heavy atom. The third-order valence-electron chi connectivity index (χ3n) is 5.86. The number of nitrogens with one attached hydrogen (secondary N) is 1. The molecule has 7 nitrogen and oxygen atoms in total. The first-order chi connectivity index (χ1) is 12.8. The molecule has 2 amide bonds. The molecule has 3 N–H and O–H groups in total.